The number of nitriles is 1. The lowest BCUT2D eigenvalue weighted by atomic mass is 10.1. The zero-order chi connectivity index (χ0) is 13.8. The highest BCUT2D eigenvalue weighted by Gasteiger charge is 2.28. The molecule has 0 unspecified atom stereocenters. The Bertz CT molecular complexity index is 513. The average Bonchev–Trinajstić information content (AvgIpc) is 2.89. The zero-order valence-electron chi connectivity index (χ0n) is 11.5. The van der Waals surface area contributed by atoms with Crippen LogP contribution < -0.4 is 0 Å². The van der Waals surface area contributed by atoms with Crippen molar-refractivity contribution in [2.45, 2.75) is 45.6 Å². The average molecular weight is 257 g/mol. The van der Waals surface area contributed by atoms with Crippen molar-refractivity contribution in [2.24, 2.45) is 0 Å². The number of aromatic nitrogens is 1. The minimum absolute atomic E-state index is 0.0570. The van der Waals surface area contributed by atoms with Gasteiger partial charge in [0, 0.05) is 11.7 Å². The fourth-order valence-electron chi connectivity index (χ4n) is 2.73. The number of hydrogen-bond donors (Lipinski definition) is 0. The Morgan fingerprint density at radius 3 is 2.68 bits per heavy atom. The first-order chi connectivity index (χ1) is 9.13. The highest BCUT2D eigenvalue weighted by atomic mass is 16.2. The van der Waals surface area contributed by atoms with Crippen LogP contribution in [0.25, 0.3) is 0 Å². The Morgan fingerprint density at radius 2 is 2.11 bits per heavy atom. The first-order valence-electron chi connectivity index (χ1n) is 6.75. The predicted molar refractivity (Wildman–Crippen MR) is 72.6 cm³/mol. The quantitative estimate of drug-likeness (QED) is 0.782. The molecule has 1 aromatic rings. The first-order valence-corrected chi connectivity index (χ1v) is 6.75. The number of rotatable bonds is 3. The largest absolute Gasteiger partial charge is 0.322 e. The molecule has 100 valence electrons. The van der Waals surface area contributed by atoms with Gasteiger partial charge in [0.1, 0.15) is 6.54 Å². The van der Waals surface area contributed by atoms with E-state index < -0.39 is 0 Å². The summed E-state index contributed by atoms with van der Waals surface area (Å²) in [7, 11) is 0. The SMILES string of the molecule is Cc1ccc(C(=O)N(CC#N)C2CCCC2)c(C)n1. The maximum Gasteiger partial charge on any atom is 0.256 e. The Hall–Kier alpha value is -1.89. The third kappa shape index (κ3) is 2.93. The van der Waals surface area contributed by atoms with Gasteiger partial charge in [-0.25, -0.2) is 0 Å². The molecule has 1 fully saturated rings. The summed E-state index contributed by atoms with van der Waals surface area (Å²) in [6.45, 7) is 3.92. The van der Waals surface area contributed by atoms with E-state index in [1.54, 1.807) is 4.90 Å². The zero-order valence-corrected chi connectivity index (χ0v) is 11.5. The molecule has 0 spiro atoms. The van der Waals surface area contributed by atoms with Gasteiger partial charge in [-0.2, -0.15) is 5.26 Å². The van der Waals surface area contributed by atoms with E-state index in [1.807, 2.05) is 26.0 Å². The maximum absolute atomic E-state index is 12.6. The number of carbonyl (C=O) groups is 1. The molecule has 0 radical (unpaired) electrons. The Morgan fingerprint density at radius 1 is 1.42 bits per heavy atom. The summed E-state index contributed by atoms with van der Waals surface area (Å²) >= 11 is 0. The number of carbonyl (C=O) groups excluding carboxylic acids is 1. The van der Waals surface area contributed by atoms with Gasteiger partial charge in [0.15, 0.2) is 0 Å². The van der Waals surface area contributed by atoms with Crippen LogP contribution >= 0.6 is 0 Å². The van der Waals surface area contributed by atoms with E-state index in [-0.39, 0.29) is 18.5 Å². The molecule has 1 saturated carbocycles. The summed E-state index contributed by atoms with van der Waals surface area (Å²) in [6.07, 6.45) is 4.30. The molecule has 0 saturated heterocycles. The molecule has 2 rings (SSSR count). The molecule has 1 amide bonds. The van der Waals surface area contributed by atoms with Crippen LogP contribution in [-0.2, 0) is 0 Å². The molecule has 0 bridgehead atoms. The maximum atomic E-state index is 12.6. The predicted octanol–water partition coefficient (Wildman–Crippen LogP) is 2.61. The van der Waals surface area contributed by atoms with Crippen molar-refractivity contribution in [3.05, 3.63) is 29.1 Å². The third-order valence-corrected chi connectivity index (χ3v) is 3.72. The topological polar surface area (TPSA) is 57.0 Å². The second kappa shape index (κ2) is 5.83. The fourth-order valence-corrected chi connectivity index (χ4v) is 2.73. The van der Waals surface area contributed by atoms with Gasteiger partial charge in [0.2, 0.25) is 0 Å². The summed E-state index contributed by atoms with van der Waals surface area (Å²) in [5.41, 5.74) is 2.26. The molecule has 4 nitrogen and oxygen atoms in total. The molecule has 19 heavy (non-hydrogen) atoms. The highest BCUT2D eigenvalue weighted by Crippen LogP contribution is 2.25. The van der Waals surface area contributed by atoms with Crippen molar-refractivity contribution >= 4 is 5.91 Å². The Balaban J connectivity index is 2.25. The van der Waals surface area contributed by atoms with Gasteiger partial charge < -0.3 is 4.90 Å². The van der Waals surface area contributed by atoms with E-state index in [0.717, 1.165) is 37.1 Å². The monoisotopic (exact) mass is 257 g/mol. The van der Waals surface area contributed by atoms with Crippen LogP contribution in [0.4, 0.5) is 0 Å². The van der Waals surface area contributed by atoms with Crippen molar-refractivity contribution in [1.82, 2.24) is 9.88 Å². The molecule has 4 heteroatoms. The number of amides is 1. The third-order valence-electron chi connectivity index (χ3n) is 3.72. The molecular weight excluding hydrogens is 238 g/mol. The standard InChI is InChI=1S/C15H19N3O/c1-11-7-8-14(12(2)17-11)15(19)18(10-9-16)13-5-3-4-6-13/h7-8,13H,3-6,10H2,1-2H3. The van der Waals surface area contributed by atoms with Crippen LogP contribution in [-0.4, -0.2) is 28.4 Å². The van der Waals surface area contributed by atoms with Crippen molar-refractivity contribution in [3.8, 4) is 6.07 Å². The van der Waals surface area contributed by atoms with Crippen molar-refractivity contribution in [1.29, 1.82) is 5.26 Å². The molecule has 1 aliphatic carbocycles. The van der Waals surface area contributed by atoms with Gasteiger partial charge in [-0.1, -0.05) is 12.8 Å². The van der Waals surface area contributed by atoms with E-state index >= 15 is 0 Å². The molecule has 0 N–H and O–H groups in total. The van der Waals surface area contributed by atoms with Gasteiger partial charge >= 0.3 is 0 Å². The van der Waals surface area contributed by atoms with Crippen LogP contribution in [0.15, 0.2) is 12.1 Å². The fraction of sp³-hybridized carbons (Fsp3) is 0.533. The van der Waals surface area contributed by atoms with Crippen molar-refractivity contribution < 1.29 is 4.79 Å². The van der Waals surface area contributed by atoms with E-state index in [0.29, 0.717) is 5.56 Å². The van der Waals surface area contributed by atoms with Crippen LogP contribution in [0.5, 0.6) is 0 Å². The highest BCUT2D eigenvalue weighted by molar-refractivity contribution is 5.95. The van der Waals surface area contributed by atoms with Gasteiger partial charge in [-0.3, -0.25) is 9.78 Å². The molecule has 0 aliphatic heterocycles. The second-order valence-electron chi connectivity index (χ2n) is 5.12. The molecule has 1 aromatic heterocycles. The Kier molecular flexibility index (Phi) is 4.16. The lowest BCUT2D eigenvalue weighted by molar-refractivity contribution is 0.0708. The summed E-state index contributed by atoms with van der Waals surface area (Å²) in [6, 6.07) is 5.99. The number of hydrogen-bond acceptors (Lipinski definition) is 3. The minimum Gasteiger partial charge on any atom is -0.322 e. The summed E-state index contributed by atoms with van der Waals surface area (Å²) in [5, 5.41) is 8.95. The number of nitrogens with zero attached hydrogens (tertiary/aromatic N) is 3. The number of aryl methyl sites for hydroxylation is 2. The van der Waals surface area contributed by atoms with Crippen LogP contribution in [0.1, 0.15) is 47.4 Å². The minimum atomic E-state index is -0.0570. The van der Waals surface area contributed by atoms with Crippen LogP contribution in [0.2, 0.25) is 0 Å². The lowest BCUT2D eigenvalue weighted by Crippen LogP contribution is -2.39. The van der Waals surface area contributed by atoms with E-state index in [9.17, 15) is 4.79 Å². The molecule has 1 aliphatic rings. The van der Waals surface area contributed by atoms with Gasteiger partial charge in [-0.05, 0) is 38.8 Å². The van der Waals surface area contributed by atoms with Gasteiger partial charge in [0.05, 0.1) is 17.3 Å². The molecule has 1 heterocycles. The van der Waals surface area contributed by atoms with Crippen LogP contribution in [0, 0.1) is 25.2 Å². The van der Waals surface area contributed by atoms with E-state index in [2.05, 4.69) is 11.1 Å². The van der Waals surface area contributed by atoms with Crippen LogP contribution in [0.3, 0.4) is 0 Å². The summed E-state index contributed by atoms with van der Waals surface area (Å²) in [5.74, 6) is -0.0570. The van der Waals surface area contributed by atoms with Gasteiger partial charge in [0.25, 0.3) is 5.91 Å². The van der Waals surface area contributed by atoms with E-state index in [4.69, 9.17) is 5.26 Å². The smallest absolute Gasteiger partial charge is 0.256 e. The number of pyridine rings is 1. The van der Waals surface area contributed by atoms with E-state index in [1.165, 1.54) is 0 Å². The normalized spacial score (nSPS) is 15.2. The Labute approximate surface area is 114 Å². The lowest BCUT2D eigenvalue weighted by Gasteiger charge is -2.27. The molecule has 0 aromatic carbocycles. The first kappa shape index (κ1) is 13.5. The van der Waals surface area contributed by atoms with Crippen molar-refractivity contribution in [3.63, 3.8) is 0 Å². The van der Waals surface area contributed by atoms with Crippen molar-refractivity contribution in [2.75, 3.05) is 6.54 Å². The summed E-state index contributed by atoms with van der Waals surface area (Å²) in [4.78, 5) is 18.6. The molecular formula is C15H19N3O. The second-order valence-corrected chi connectivity index (χ2v) is 5.12. The summed E-state index contributed by atoms with van der Waals surface area (Å²) < 4.78 is 0. The molecule has 0 atom stereocenters. The van der Waals surface area contributed by atoms with Gasteiger partial charge in [-0.15, -0.1) is 0 Å².